The Morgan fingerprint density at radius 2 is 1.20 bits per heavy atom. The van der Waals surface area contributed by atoms with Crippen molar-refractivity contribution in [3.8, 4) is 0 Å². The number of cyclic esters (lactones) is 1. The molecule has 10 atom stereocenters. The summed E-state index contributed by atoms with van der Waals surface area (Å²) in [6, 6.07) is -4.06. The first-order valence-corrected chi connectivity index (χ1v) is 27.5. The Labute approximate surface area is 473 Å². The maximum atomic E-state index is 14.3. The molecule has 1 fully saturated rings. The van der Waals surface area contributed by atoms with Gasteiger partial charge in [-0.05, 0) is 69.4 Å². The molecule has 0 bridgehead atoms. The molecule has 0 aromatic heterocycles. The number of ether oxygens (including phenoxy) is 1. The zero-order valence-electron chi connectivity index (χ0n) is 47.8. The maximum absolute atomic E-state index is 14.3. The van der Waals surface area contributed by atoms with Crippen LogP contribution < -0.4 is 65.1 Å². The summed E-state index contributed by atoms with van der Waals surface area (Å²) in [6.45, 7) is 12.2. The van der Waals surface area contributed by atoms with E-state index in [1.807, 2.05) is 6.08 Å². The highest BCUT2D eigenvalue weighted by atomic mass is 16.5. The summed E-state index contributed by atoms with van der Waals surface area (Å²) in [5.74, 6) is -11.9. The zero-order chi connectivity index (χ0) is 60.9. The Balaban J connectivity index is 2.78. The number of amides is 9. The van der Waals surface area contributed by atoms with Crippen molar-refractivity contribution in [2.24, 2.45) is 35.0 Å². The lowest BCUT2D eigenvalue weighted by atomic mass is 10.00. The topological polar surface area (TPSA) is 424 Å². The number of esters is 1. The number of benzene rings is 1. The van der Waals surface area contributed by atoms with E-state index in [4.69, 9.17) is 21.9 Å². The molecule has 26 nitrogen and oxygen atoms in total. The predicted molar refractivity (Wildman–Crippen MR) is 299 cm³/mol. The molecule has 0 saturated carbocycles. The molecule has 1 aliphatic rings. The Hall–Kier alpha value is -7.29. The van der Waals surface area contributed by atoms with E-state index in [2.05, 4.69) is 61.7 Å². The van der Waals surface area contributed by atoms with Gasteiger partial charge in [-0.1, -0.05) is 103 Å². The first kappa shape index (κ1) is 69.8. The molecule has 0 spiro atoms. The fourth-order valence-electron chi connectivity index (χ4n) is 8.32. The lowest BCUT2D eigenvalue weighted by Gasteiger charge is -2.28. The summed E-state index contributed by atoms with van der Waals surface area (Å²) >= 11 is 0. The van der Waals surface area contributed by atoms with E-state index in [9.17, 15) is 63.0 Å². The van der Waals surface area contributed by atoms with Crippen LogP contribution in [0, 0.1) is 17.8 Å². The fraction of sp³-hybridized carbons (Fsp3) is 0.618. The second-order valence-electron chi connectivity index (χ2n) is 21.2. The number of carboxylic acids is 1. The fourth-order valence-corrected chi connectivity index (χ4v) is 8.32. The van der Waals surface area contributed by atoms with Crippen LogP contribution >= 0.6 is 0 Å². The monoisotopic (exact) mass is 1140 g/mol. The highest BCUT2D eigenvalue weighted by molar-refractivity contribution is 6.02. The molecule has 452 valence electrons. The second kappa shape index (κ2) is 36.1. The summed E-state index contributed by atoms with van der Waals surface area (Å²) in [7, 11) is 0. The van der Waals surface area contributed by atoms with Gasteiger partial charge >= 0.3 is 11.9 Å². The van der Waals surface area contributed by atoms with E-state index in [-0.39, 0.29) is 38.1 Å². The van der Waals surface area contributed by atoms with E-state index in [0.717, 1.165) is 26.2 Å². The van der Waals surface area contributed by atoms with Crippen molar-refractivity contribution in [1.82, 2.24) is 47.9 Å². The van der Waals surface area contributed by atoms with Gasteiger partial charge in [0.05, 0.1) is 18.9 Å². The van der Waals surface area contributed by atoms with Gasteiger partial charge in [0.2, 0.25) is 47.3 Å². The number of hydrogen-bond acceptors (Lipinski definition) is 16. The lowest BCUT2D eigenvalue weighted by Crippen LogP contribution is -2.62. The minimum atomic E-state index is -1.88. The third kappa shape index (κ3) is 25.4. The van der Waals surface area contributed by atoms with Gasteiger partial charge in [-0.15, -0.1) is 0 Å². The SMILES string of the molecule is C/C=C1/NC(=O)[C@H](CCN)NC(=O)[C@H](CC(C)C)NC(=O)[C@H](CN)NC(=O)C[C@@H](CC=CCCCCC(C)C)OC(=O)[C@H](CC(=O)O)NC(=O)[C@H](C(C)C)NC(=O)[C@@H](Cc2ccccc2)NC(=O)[C@H](CN)NC(=O)[C@H]([C@@H](C)O)NC1=O. The van der Waals surface area contributed by atoms with Gasteiger partial charge in [-0.25, -0.2) is 4.79 Å². The molecule has 1 aromatic rings. The van der Waals surface area contributed by atoms with Crippen molar-refractivity contribution in [1.29, 1.82) is 0 Å². The first-order valence-electron chi connectivity index (χ1n) is 27.5. The van der Waals surface area contributed by atoms with Crippen molar-refractivity contribution < 1.29 is 67.7 Å². The van der Waals surface area contributed by atoms with Gasteiger partial charge in [0.1, 0.15) is 60.1 Å². The average Bonchev–Trinajstić information content (AvgIpc) is 3.42. The number of allylic oxidation sites excluding steroid dienone is 2. The molecule has 1 saturated heterocycles. The molecule has 9 amide bonds. The Bertz CT molecular complexity index is 2350. The number of aliphatic carboxylic acids is 1. The second-order valence-corrected chi connectivity index (χ2v) is 21.2. The Morgan fingerprint density at radius 1 is 0.642 bits per heavy atom. The third-order valence-corrected chi connectivity index (χ3v) is 12.8. The van der Waals surface area contributed by atoms with E-state index in [1.54, 1.807) is 64.1 Å². The van der Waals surface area contributed by atoms with Crippen LogP contribution in [0.15, 0.2) is 54.3 Å². The smallest absolute Gasteiger partial charge is 0.329 e. The van der Waals surface area contributed by atoms with Crippen LogP contribution in [0.1, 0.15) is 119 Å². The summed E-state index contributed by atoms with van der Waals surface area (Å²) in [4.78, 5) is 152. The van der Waals surface area contributed by atoms with E-state index < -0.39 is 163 Å². The Kier molecular flexibility index (Phi) is 31.2. The lowest BCUT2D eigenvalue weighted by molar-refractivity contribution is -0.157. The van der Waals surface area contributed by atoms with E-state index in [0.29, 0.717) is 17.9 Å². The zero-order valence-corrected chi connectivity index (χ0v) is 47.8. The van der Waals surface area contributed by atoms with Crippen molar-refractivity contribution in [3.63, 3.8) is 0 Å². The van der Waals surface area contributed by atoms with Crippen molar-refractivity contribution >= 4 is 65.1 Å². The van der Waals surface area contributed by atoms with Crippen LogP contribution in [-0.4, -0.2) is 155 Å². The average molecular weight is 1140 g/mol. The van der Waals surface area contributed by atoms with Crippen molar-refractivity contribution in [2.75, 3.05) is 19.6 Å². The number of nitrogens with two attached hydrogens (primary N) is 3. The van der Waals surface area contributed by atoms with Gasteiger partial charge in [-0.2, -0.15) is 0 Å². The molecule has 0 aliphatic carbocycles. The number of unbranched alkanes of at least 4 members (excludes halogenated alkanes) is 2. The summed E-state index contributed by atoms with van der Waals surface area (Å²) in [5.41, 5.74) is 17.9. The summed E-state index contributed by atoms with van der Waals surface area (Å²) < 4.78 is 5.76. The first-order chi connectivity index (χ1) is 38.2. The quantitative estimate of drug-likeness (QED) is 0.0322. The summed E-state index contributed by atoms with van der Waals surface area (Å²) in [5, 5.41) is 42.9. The molecule has 1 aromatic carbocycles. The number of aliphatic hydroxyl groups excluding tert-OH is 1. The molecule has 1 aliphatic heterocycles. The molecular weight excluding hydrogens is 1050 g/mol. The van der Waals surface area contributed by atoms with Gasteiger partial charge in [0.15, 0.2) is 0 Å². The van der Waals surface area contributed by atoms with Gasteiger partial charge in [0.25, 0.3) is 5.91 Å². The van der Waals surface area contributed by atoms with Gasteiger partial charge < -0.3 is 80.0 Å². The van der Waals surface area contributed by atoms with Crippen LogP contribution in [0.2, 0.25) is 0 Å². The number of nitrogens with one attached hydrogen (secondary N) is 9. The largest absolute Gasteiger partial charge is 0.481 e. The number of carboxylic acid groups (broad SMARTS) is 1. The minimum Gasteiger partial charge on any atom is -0.481 e. The van der Waals surface area contributed by atoms with Gasteiger partial charge in [0, 0.05) is 25.9 Å². The normalized spacial score (nSPS) is 25.3. The van der Waals surface area contributed by atoms with Gasteiger partial charge in [-0.3, -0.25) is 47.9 Å². The van der Waals surface area contributed by atoms with E-state index in [1.165, 1.54) is 13.0 Å². The minimum absolute atomic E-state index is 0.0200. The molecule has 17 N–H and O–H groups in total. The molecule has 0 radical (unpaired) electrons. The molecule has 26 heteroatoms. The summed E-state index contributed by atoms with van der Waals surface area (Å²) in [6.07, 6.45) is 3.22. The van der Waals surface area contributed by atoms with Crippen molar-refractivity contribution in [3.05, 3.63) is 59.8 Å². The Morgan fingerprint density at radius 3 is 1.75 bits per heavy atom. The van der Waals surface area contributed by atoms with E-state index >= 15 is 0 Å². The van der Waals surface area contributed by atoms with Crippen molar-refractivity contribution in [2.45, 2.75) is 180 Å². The number of carbonyl (C=O) groups is 11. The molecule has 1 heterocycles. The number of rotatable bonds is 19. The maximum Gasteiger partial charge on any atom is 0.329 e. The molecule has 0 unspecified atom stereocenters. The molecule has 2 rings (SSSR count). The third-order valence-electron chi connectivity index (χ3n) is 12.8. The van der Waals surface area contributed by atoms with Crippen LogP contribution in [0.3, 0.4) is 0 Å². The standard InChI is InChI=1S/C55H88N12O14/c1-9-36-47(72)67-46(33(8)68)54(79)65-42(29-58)52(77)63-39(25-34-19-15-13-16-20-34)50(75)66-45(32(6)7)53(78)64-40(27-44(70)71)55(80)81-35(21-17-12-10-11-14-18-30(2)3)26-43(69)59-41(28-57)51(76)62-38(24-31(4)5)49(74)61-37(22-23-56)48(73)60-36/h9,12-13,15-17,19-20,30-33,35,37-42,45-46,68H,10-11,14,18,21-29,56-58H2,1-8H3,(H,59,69)(H,60,73)(H,61,74)(H,62,76)(H,63,77)(H,64,78)(H,65,79)(H,66,75)(H,67,72)(H,70,71)/b17-12?,36-9+/t33-,35-,37+,38+,39-,40+,41+,42+,45+,46+/m1/s1. The van der Waals surface area contributed by atoms with Crippen LogP contribution in [0.4, 0.5) is 0 Å². The highest BCUT2D eigenvalue weighted by Crippen LogP contribution is 2.15. The van der Waals surface area contributed by atoms with Crippen LogP contribution in [-0.2, 0) is 63.9 Å². The van der Waals surface area contributed by atoms with Crippen LogP contribution in [0.5, 0.6) is 0 Å². The number of hydrogen-bond donors (Lipinski definition) is 14. The molecule has 81 heavy (non-hydrogen) atoms. The number of aliphatic hydroxyl groups is 1. The predicted octanol–water partition coefficient (Wildman–Crippen LogP) is -1.57. The molecular formula is C55H88N12O14. The highest BCUT2D eigenvalue weighted by Gasteiger charge is 2.37. The van der Waals surface area contributed by atoms with Crippen LogP contribution in [0.25, 0.3) is 0 Å². The number of carbonyl (C=O) groups excluding carboxylic acids is 10.